The van der Waals surface area contributed by atoms with Crippen LogP contribution < -0.4 is 9.64 Å². The first-order valence-electron chi connectivity index (χ1n) is 8.54. The smallest absolute Gasteiger partial charge is 0.466 e. The van der Waals surface area contributed by atoms with Crippen molar-refractivity contribution in [2.24, 2.45) is 0 Å². The normalized spacial score (nSPS) is 14.7. The minimum atomic E-state index is -0.869. The molecular weight excluding hydrogens is 342 g/mol. The van der Waals surface area contributed by atoms with E-state index in [0.717, 1.165) is 0 Å². The van der Waals surface area contributed by atoms with Crippen molar-refractivity contribution in [2.45, 2.75) is 39.7 Å². The fraction of sp³-hybridized carbons (Fsp3) is 0.647. The fourth-order valence-electron chi connectivity index (χ4n) is 2.24. The lowest BCUT2D eigenvalue weighted by molar-refractivity contribution is -0.142. The predicted octanol–water partition coefficient (Wildman–Crippen LogP) is 1.73. The van der Waals surface area contributed by atoms with Gasteiger partial charge in [0.05, 0.1) is 19.8 Å². The minimum absolute atomic E-state index is 0.0232. The van der Waals surface area contributed by atoms with Crippen molar-refractivity contribution in [2.75, 3.05) is 37.8 Å². The molecule has 1 aromatic heterocycles. The number of rotatable bonds is 5. The van der Waals surface area contributed by atoms with Crippen LogP contribution >= 0.6 is 0 Å². The monoisotopic (exact) mass is 367 g/mol. The van der Waals surface area contributed by atoms with Crippen LogP contribution in [0.25, 0.3) is 0 Å². The van der Waals surface area contributed by atoms with Gasteiger partial charge in [-0.2, -0.15) is 4.98 Å². The van der Waals surface area contributed by atoms with Gasteiger partial charge in [-0.05, 0) is 27.7 Å². The van der Waals surface area contributed by atoms with E-state index < -0.39 is 17.7 Å². The molecule has 9 heteroatoms. The molecule has 9 nitrogen and oxygen atoms in total. The van der Waals surface area contributed by atoms with Crippen molar-refractivity contribution in [1.82, 2.24) is 9.97 Å². The molecule has 0 radical (unpaired) electrons. The van der Waals surface area contributed by atoms with Crippen molar-refractivity contribution < 1.29 is 28.5 Å². The highest BCUT2D eigenvalue weighted by molar-refractivity contribution is 5.71. The quantitative estimate of drug-likeness (QED) is 0.720. The molecule has 0 aliphatic carbocycles. The second-order valence-corrected chi connectivity index (χ2v) is 6.63. The fourth-order valence-corrected chi connectivity index (χ4v) is 2.24. The van der Waals surface area contributed by atoms with Gasteiger partial charge in [-0.3, -0.25) is 4.79 Å². The van der Waals surface area contributed by atoms with Gasteiger partial charge in [0.25, 0.3) is 0 Å². The van der Waals surface area contributed by atoms with E-state index in [9.17, 15) is 9.59 Å². The Morgan fingerprint density at radius 2 is 1.92 bits per heavy atom. The first-order valence-corrected chi connectivity index (χ1v) is 8.54. The molecule has 0 atom stereocenters. The lowest BCUT2D eigenvalue weighted by Gasteiger charge is -2.28. The maximum Gasteiger partial charge on any atom is 0.515 e. The van der Waals surface area contributed by atoms with Crippen LogP contribution in [0.2, 0.25) is 0 Å². The summed E-state index contributed by atoms with van der Waals surface area (Å²) < 4.78 is 20.6. The summed E-state index contributed by atoms with van der Waals surface area (Å²) in [5, 5.41) is 0. The number of esters is 1. The molecule has 0 bridgehead atoms. The third kappa shape index (κ3) is 6.47. The number of hydrogen-bond acceptors (Lipinski definition) is 9. The van der Waals surface area contributed by atoms with E-state index in [1.54, 1.807) is 33.8 Å². The van der Waals surface area contributed by atoms with E-state index in [4.69, 9.17) is 18.9 Å². The molecular formula is C17H25N3O6. The molecule has 0 saturated carbocycles. The van der Waals surface area contributed by atoms with E-state index in [1.807, 2.05) is 4.90 Å². The van der Waals surface area contributed by atoms with E-state index in [2.05, 4.69) is 9.97 Å². The topological polar surface area (TPSA) is 100 Å². The van der Waals surface area contributed by atoms with E-state index in [-0.39, 0.29) is 24.7 Å². The number of nitrogens with zero attached hydrogens (tertiary/aromatic N) is 3. The molecule has 26 heavy (non-hydrogen) atoms. The average Bonchev–Trinajstić information content (AvgIpc) is 2.53. The van der Waals surface area contributed by atoms with Gasteiger partial charge in [-0.15, -0.1) is 0 Å². The van der Waals surface area contributed by atoms with Gasteiger partial charge in [-0.25, -0.2) is 9.78 Å². The predicted molar refractivity (Wildman–Crippen MR) is 92.3 cm³/mol. The summed E-state index contributed by atoms with van der Waals surface area (Å²) in [6, 6.07) is 1.55. The number of carbonyl (C=O) groups is 2. The molecule has 0 aromatic carbocycles. The first kappa shape index (κ1) is 19.9. The number of anilines is 1. The number of hydrogen-bond donors (Lipinski definition) is 0. The summed E-state index contributed by atoms with van der Waals surface area (Å²) in [6.07, 6.45) is -0.984. The van der Waals surface area contributed by atoms with E-state index in [0.29, 0.717) is 32.1 Å². The molecule has 1 fully saturated rings. The van der Waals surface area contributed by atoms with Gasteiger partial charge in [-0.1, -0.05) is 0 Å². The van der Waals surface area contributed by atoms with Gasteiger partial charge >= 0.3 is 12.1 Å². The zero-order valence-corrected chi connectivity index (χ0v) is 15.6. The third-order valence-electron chi connectivity index (χ3n) is 3.26. The summed E-state index contributed by atoms with van der Waals surface area (Å²) >= 11 is 0. The standard InChI is InChI=1S/C17H25N3O6/c1-5-24-15(21)10-12-18-13(20-6-8-23-9-7-20)11-14(19-12)25-16(22)26-17(2,3)4/h11H,5-10H2,1-4H3. The highest BCUT2D eigenvalue weighted by Crippen LogP contribution is 2.20. The van der Waals surface area contributed by atoms with Crippen molar-refractivity contribution >= 4 is 17.9 Å². The molecule has 0 unspecified atom stereocenters. The lowest BCUT2D eigenvalue weighted by Crippen LogP contribution is -2.37. The molecule has 0 N–H and O–H groups in total. The van der Waals surface area contributed by atoms with Gasteiger partial charge in [0.1, 0.15) is 23.7 Å². The van der Waals surface area contributed by atoms with Gasteiger partial charge in [0.15, 0.2) is 0 Å². The van der Waals surface area contributed by atoms with Crippen molar-refractivity contribution in [3.8, 4) is 5.88 Å². The Balaban J connectivity index is 2.21. The summed E-state index contributed by atoms with van der Waals surface area (Å²) in [7, 11) is 0. The van der Waals surface area contributed by atoms with Crippen LogP contribution in [0.15, 0.2) is 6.07 Å². The Bertz CT molecular complexity index is 638. The SMILES string of the molecule is CCOC(=O)Cc1nc(OC(=O)OC(C)(C)C)cc(N2CCOCC2)n1. The number of morpholine rings is 1. The zero-order chi connectivity index (χ0) is 19.2. The third-order valence-corrected chi connectivity index (χ3v) is 3.26. The Labute approximate surface area is 152 Å². The minimum Gasteiger partial charge on any atom is -0.466 e. The zero-order valence-electron chi connectivity index (χ0n) is 15.6. The van der Waals surface area contributed by atoms with E-state index in [1.165, 1.54) is 0 Å². The second kappa shape index (κ2) is 8.79. The van der Waals surface area contributed by atoms with Crippen molar-refractivity contribution in [3.05, 3.63) is 11.9 Å². The number of carbonyl (C=O) groups excluding carboxylic acids is 2. The summed E-state index contributed by atoms with van der Waals surface area (Å²) in [4.78, 5) is 34.2. The number of ether oxygens (including phenoxy) is 4. The van der Waals surface area contributed by atoms with Crippen LogP contribution in [0.5, 0.6) is 5.88 Å². The van der Waals surface area contributed by atoms with Crippen LogP contribution in [0.4, 0.5) is 10.6 Å². The maximum atomic E-state index is 11.9. The molecule has 2 rings (SSSR count). The number of aromatic nitrogens is 2. The summed E-state index contributed by atoms with van der Waals surface area (Å²) in [6.45, 7) is 9.62. The van der Waals surface area contributed by atoms with Crippen LogP contribution in [0.1, 0.15) is 33.5 Å². The Kier molecular flexibility index (Phi) is 6.73. The van der Waals surface area contributed by atoms with Crippen molar-refractivity contribution in [1.29, 1.82) is 0 Å². The lowest BCUT2D eigenvalue weighted by atomic mass is 10.2. The van der Waals surface area contributed by atoms with Crippen LogP contribution in [0.3, 0.4) is 0 Å². The highest BCUT2D eigenvalue weighted by Gasteiger charge is 2.21. The average molecular weight is 367 g/mol. The molecule has 0 amide bonds. The van der Waals surface area contributed by atoms with Gasteiger partial charge in [0, 0.05) is 19.2 Å². The highest BCUT2D eigenvalue weighted by atomic mass is 16.7. The first-order chi connectivity index (χ1) is 12.3. The molecule has 1 aliphatic rings. The Hall–Kier alpha value is -2.42. The van der Waals surface area contributed by atoms with Crippen LogP contribution in [0, 0.1) is 0 Å². The van der Waals surface area contributed by atoms with Crippen LogP contribution in [-0.4, -0.2) is 60.6 Å². The van der Waals surface area contributed by atoms with Crippen LogP contribution in [-0.2, 0) is 25.4 Å². The molecule has 0 spiro atoms. The van der Waals surface area contributed by atoms with Crippen molar-refractivity contribution in [3.63, 3.8) is 0 Å². The summed E-state index contributed by atoms with van der Waals surface area (Å²) in [5.74, 6) is 0.344. The Morgan fingerprint density at radius 3 is 2.54 bits per heavy atom. The second-order valence-electron chi connectivity index (χ2n) is 6.63. The molecule has 144 valence electrons. The Morgan fingerprint density at radius 1 is 1.23 bits per heavy atom. The van der Waals surface area contributed by atoms with E-state index >= 15 is 0 Å². The van der Waals surface area contributed by atoms with Gasteiger partial charge < -0.3 is 23.8 Å². The molecule has 2 heterocycles. The van der Waals surface area contributed by atoms with Gasteiger partial charge in [0.2, 0.25) is 5.88 Å². The molecule has 1 aromatic rings. The molecule has 1 aliphatic heterocycles. The molecule has 1 saturated heterocycles. The summed E-state index contributed by atoms with van der Waals surface area (Å²) in [5.41, 5.74) is -0.690. The largest absolute Gasteiger partial charge is 0.515 e. The maximum absolute atomic E-state index is 11.9.